The molecule has 0 aromatic carbocycles. The zero-order chi connectivity index (χ0) is 13.2. The molecule has 1 aromatic rings. The summed E-state index contributed by atoms with van der Waals surface area (Å²) in [7, 11) is -3.57. The number of hydrogen-bond donors (Lipinski definition) is 1. The lowest BCUT2D eigenvalue weighted by atomic mass is 10.2. The normalized spacial score (nSPS) is 21.9. The van der Waals surface area contributed by atoms with E-state index in [1.54, 1.807) is 6.07 Å². The van der Waals surface area contributed by atoms with Crippen molar-refractivity contribution in [1.82, 2.24) is 9.29 Å². The number of nitrogen functional groups attached to an aromatic ring is 1. The minimum absolute atomic E-state index is 0.0389. The van der Waals surface area contributed by atoms with Crippen LogP contribution in [-0.4, -0.2) is 43.5 Å². The van der Waals surface area contributed by atoms with E-state index in [1.807, 2.05) is 6.92 Å². The van der Waals surface area contributed by atoms with Crippen molar-refractivity contribution < 1.29 is 13.2 Å². The highest BCUT2D eigenvalue weighted by atomic mass is 32.2. The number of ether oxygens (including phenoxy) is 1. The molecule has 1 fully saturated rings. The zero-order valence-electron chi connectivity index (χ0n) is 10.2. The van der Waals surface area contributed by atoms with Crippen molar-refractivity contribution in [2.75, 3.05) is 25.4 Å². The summed E-state index contributed by atoms with van der Waals surface area (Å²) in [5.41, 5.74) is 5.63. The number of rotatable bonds is 3. The Labute approximate surface area is 107 Å². The SMILES string of the molecule is CCC1CN(S(=O)(=O)c2cccnc2N)CCO1. The van der Waals surface area contributed by atoms with Crippen molar-refractivity contribution in [3.63, 3.8) is 0 Å². The summed E-state index contributed by atoms with van der Waals surface area (Å²) in [5.74, 6) is 0.0389. The Morgan fingerprint density at radius 1 is 1.61 bits per heavy atom. The Balaban J connectivity index is 2.29. The molecular formula is C11H17N3O3S. The van der Waals surface area contributed by atoms with Crippen molar-refractivity contribution in [3.8, 4) is 0 Å². The highest BCUT2D eigenvalue weighted by Gasteiger charge is 2.31. The molecule has 0 amide bonds. The Morgan fingerprint density at radius 2 is 2.39 bits per heavy atom. The Bertz CT molecular complexity index is 518. The predicted molar refractivity (Wildman–Crippen MR) is 67.4 cm³/mol. The molecule has 1 aliphatic rings. The third-order valence-corrected chi connectivity index (χ3v) is 4.89. The fourth-order valence-electron chi connectivity index (χ4n) is 1.92. The lowest BCUT2D eigenvalue weighted by Crippen LogP contribution is -2.45. The van der Waals surface area contributed by atoms with Crippen LogP contribution in [0.2, 0.25) is 0 Å². The van der Waals surface area contributed by atoms with Crippen LogP contribution in [0, 0.1) is 0 Å². The van der Waals surface area contributed by atoms with Gasteiger partial charge in [0.25, 0.3) is 0 Å². The van der Waals surface area contributed by atoms with E-state index in [4.69, 9.17) is 10.5 Å². The second-order valence-corrected chi connectivity index (χ2v) is 6.06. The molecule has 0 saturated carbocycles. The van der Waals surface area contributed by atoms with E-state index in [2.05, 4.69) is 4.98 Å². The van der Waals surface area contributed by atoms with Crippen LogP contribution in [0.15, 0.2) is 23.2 Å². The number of anilines is 1. The molecule has 6 nitrogen and oxygen atoms in total. The number of morpholine rings is 1. The number of nitrogens with zero attached hydrogens (tertiary/aromatic N) is 2. The first kappa shape index (κ1) is 13.3. The summed E-state index contributed by atoms with van der Waals surface area (Å²) < 4.78 is 31.7. The van der Waals surface area contributed by atoms with Crippen molar-refractivity contribution >= 4 is 15.8 Å². The second kappa shape index (κ2) is 5.21. The quantitative estimate of drug-likeness (QED) is 0.863. The highest BCUT2D eigenvalue weighted by Crippen LogP contribution is 2.22. The zero-order valence-corrected chi connectivity index (χ0v) is 11.1. The number of sulfonamides is 1. The number of aromatic nitrogens is 1. The Kier molecular flexibility index (Phi) is 3.84. The van der Waals surface area contributed by atoms with Crippen LogP contribution < -0.4 is 5.73 Å². The highest BCUT2D eigenvalue weighted by molar-refractivity contribution is 7.89. The molecule has 0 aliphatic carbocycles. The van der Waals surface area contributed by atoms with Crippen LogP contribution in [0.4, 0.5) is 5.82 Å². The maximum Gasteiger partial charge on any atom is 0.246 e. The summed E-state index contributed by atoms with van der Waals surface area (Å²) in [6.07, 6.45) is 2.21. The van der Waals surface area contributed by atoms with E-state index in [0.29, 0.717) is 19.7 Å². The first-order chi connectivity index (χ1) is 8.55. The van der Waals surface area contributed by atoms with Gasteiger partial charge in [0.05, 0.1) is 12.7 Å². The average Bonchev–Trinajstić information content (AvgIpc) is 2.39. The van der Waals surface area contributed by atoms with Gasteiger partial charge in [-0.05, 0) is 18.6 Å². The molecule has 1 atom stereocenters. The molecule has 0 bridgehead atoms. The van der Waals surface area contributed by atoms with Gasteiger partial charge in [-0.1, -0.05) is 6.92 Å². The van der Waals surface area contributed by atoms with Gasteiger partial charge >= 0.3 is 0 Å². The topological polar surface area (TPSA) is 85.5 Å². The molecule has 100 valence electrons. The van der Waals surface area contributed by atoms with Crippen molar-refractivity contribution in [2.24, 2.45) is 0 Å². The standard InChI is InChI=1S/C11H17N3O3S/c1-2-9-8-14(6-7-17-9)18(15,16)10-4-3-5-13-11(10)12/h3-5,9H,2,6-8H2,1H3,(H2,12,13). The van der Waals surface area contributed by atoms with Gasteiger partial charge in [0, 0.05) is 19.3 Å². The van der Waals surface area contributed by atoms with E-state index in [0.717, 1.165) is 6.42 Å². The fourth-order valence-corrected chi connectivity index (χ4v) is 3.44. The second-order valence-electron chi connectivity index (χ2n) is 4.15. The lowest BCUT2D eigenvalue weighted by Gasteiger charge is -2.31. The Hall–Kier alpha value is -1.18. The van der Waals surface area contributed by atoms with Gasteiger partial charge in [-0.25, -0.2) is 13.4 Å². The van der Waals surface area contributed by atoms with E-state index >= 15 is 0 Å². The van der Waals surface area contributed by atoms with Crippen LogP contribution >= 0.6 is 0 Å². The maximum absolute atomic E-state index is 12.4. The monoisotopic (exact) mass is 271 g/mol. The van der Waals surface area contributed by atoms with E-state index < -0.39 is 10.0 Å². The minimum atomic E-state index is -3.57. The van der Waals surface area contributed by atoms with Crippen molar-refractivity contribution in [3.05, 3.63) is 18.3 Å². The molecule has 1 aliphatic heterocycles. The molecule has 7 heteroatoms. The smallest absolute Gasteiger partial charge is 0.246 e. The summed E-state index contributed by atoms with van der Waals surface area (Å²) in [6, 6.07) is 3.05. The molecule has 2 heterocycles. The van der Waals surface area contributed by atoms with Gasteiger partial charge in [0.1, 0.15) is 10.7 Å². The third-order valence-electron chi connectivity index (χ3n) is 2.97. The van der Waals surface area contributed by atoms with Crippen LogP contribution in [0.5, 0.6) is 0 Å². The first-order valence-corrected chi connectivity index (χ1v) is 7.32. The van der Waals surface area contributed by atoms with E-state index in [-0.39, 0.29) is 16.8 Å². The van der Waals surface area contributed by atoms with Gasteiger partial charge < -0.3 is 10.5 Å². The molecule has 1 saturated heterocycles. The van der Waals surface area contributed by atoms with Gasteiger partial charge in [0.2, 0.25) is 10.0 Å². The fraction of sp³-hybridized carbons (Fsp3) is 0.545. The average molecular weight is 271 g/mol. The molecule has 0 radical (unpaired) electrons. The van der Waals surface area contributed by atoms with E-state index in [1.165, 1.54) is 16.6 Å². The summed E-state index contributed by atoms with van der Waals surface area (Å²) >= 11 is 0. The number of nitrogens with two attached hydrogens (primary N) is 1. The third kappa shape index (κ3) is 2.47. The van der Waals surface area contributed by atoms with Gasteiger partial charge in [0.15, 0.2) is 0 Å². The van der Waals surface area contributed by atoms with Crippen LogP contribution in [0.25, 0.3) is 0 Å². The van der Waals surface area contributed by atoms with Crippen molar-refractivity contribution in [2.45, 2.75) is 24.3 Å². The largest absolute Gasteiger partial charge is 0.383 e. The molecule has 0 spiro atoms. The van der Waals surface area contributed by atoms with Gasteiger partial charge in [-0.15, -0.1) is 0 Å². The summed E-state index contributed by atoms with van der Waals surface area (Å²) in [5, 5.41) is 0. The van der Waals surface area contributed by atoms with Gasteiger partial charge in [-0.2, -0.15) is 4.31 Å². The number of hydrogen-bond acceptors (Lipinski definition) is 5. The summed E-state index contributed by atoms with van der Waals surface area (Å²) in [6.45, 7) is 3.11. The summed E-state index contributed by atoms with van der Waals surface area (Å²) in [4.78, 5) is 3.89. The Morgan fingerprint density at radius 3 is 3.06 bits per heavy atom. The molecule has 2 rings (SSSR count). The van der Waals surface area contributed by atoms with Crippen LogP contribution in [0.1, 0.15) is 13.3 Å². The number of pyridine rings is 1. The molecular weight excluding hydrogens is 254 g/mol. The van der Waals surface area contributed by atoms with Gasteiger partial charge in [-0.3, -0.25) is 0 Å². The lowest BCUT2D eigenvalue weighted by molar-refractivity contribution is -0.00277. The van der Waals surface area contributed by atoms with E-state index in [9.17, 15) is 8.42 Å². The van der Waals surface area contributed by atoms with Crippen molar-refractivity contribution in [1.29, 1.82) is 0 Å². The first-order valence-electron chi connectivity index (χ1n) is 5.88. The molecule has 2 N–H and O–H groups in total. The van der Waals surface area contributed by atoms with Crippen LogP contribution in [-0.2, 0) is 14.8 Å². The molecule has 18 heavy (non-hydrogen) atoms. The molecule has 1 aromatic heterocycles. The maximum atomic E-state index is 12.4. The van der Waals surface area contributed by atoms with Crippen LogP contribution in [0.3, 0.4) is 0 Å². The minimum Gasteiger partial charge on any atom is -0.383 e. The predicted octanol–water partition coefficient (Wildman–Crippen LogP) is 0.463. The molecule has 1 unspecified atom stereocenters.